The van der Waals surface area contributed by atoms with Crippen molar-refractivity contribution in [3.05, 3.63) is 34.1 Å². The van der Waals surface area contributed by atoms with E-state index in [1.807, 2.05) is 6.92 Å². The van der Waals surface area contributed by atoms with Crippen LogP contribution in [0.4, 0.5) is 15.8 Å². The highest BCUT2D eigenvalue weighted by molar-refractivity contribution is 5.98. The topological polar surface area (TPSA) is 98.3 Å². The molecule has 1 fully saturated rings. The van der Waals surface area contributed by atoms with E-state index >= 15 is 0 Å². The number of rotatable bonds is 3. The van der Waals surface area contributed by atoms with Crippen molar-refractivity contribution < 1.29 is 14.1 Å². The van der Waals surface area contributed by atoms with Crippen molar-refractivity contribution in [1.29, 1.82) is 0 Å². The Bertz CT molecular complexity index is 579. The van der Waals surface area contributed by atoms with Crippen LogP contribution in [-0.4, -0.2) is 16.4 Å². The number of nitro benzene ring substituents is 1. The van der Waals surface area contributed by atoms with Crippen LogP contribution in [-0.2, 0) is 4.79 Å². The number of nitrogens with zero attached hydrogens (tertiary/aromatic N) is 1. The van der Waals surface area contributed by atoms with E-state index in [0.29, 0.717) is 18.8 Å². The van der Waals surface area contributed by atoms with Crippen LogP contribution in [0.5, 0.6) is 0 Å². The maximum atomic E-state index is 13.3. The largest absolute Gasteiger partial charge is 0.324 e. The third-order valence-corrected chi connectivity index (χ3v) is 3.89. The van der Waals surface area contributed by atoms with Crippen molar-refractivity contribution in [1.82, 2.24) is 0 Å². The lowest BCUT2D eigenvalue weighted by atomic mass is 9.76. The van der Waals surface area contributed by atoms with Gasteiger partial charge in [0.05, 0.1) is 10.5 Å². The van der Waals surface area contributed by atoms with Gasteiger partial charge in [0.2, 0.25) is 11.7 Å². The summed E-state index contributed by atoms with van der Waals surface area (Å²) >= 11 is 0. The summed E-state index contributed by atoms with van der Waals surface area (Å²) in [5.74, 6) is -0.959. The highest BCUT2D eigenvalue weighted by atomic mass is 19.1. The van der Waals surface area contributed by atoms with E-state index in [0.717, 1.165) is 25.0 Å². The minimum absolute atomic E-state index is 0.177. The van der Waals surface area contributed by atoms with Crippen LogP contribution < -0.4 is 11.1 Å². The molecule has 2 rings (SSSR count). The molecule has 114 valence electrons. The first-order valence-electron chi connectivity index (χ1n) is 6.86. The average molecular weight is 295 g/mol. The molecule has 1 aromatic carbocycles. The van der Waals surface area contributed by atoms with Gasteiger partial charge in [-0.15, -0.1) is 0 Å². The van der Waals surface area contributed by atoms with Crippen molar-refractivity contribution in [2.45, 2.75) is 38.1 Å². The average Bonchev–Trinajstić information content (AvgIpc) is 2.40. The normalized spacial score (nSPS) is 25.4. The summed E-state index contributed by atoms with van der Waals surface area (Å²) in [6, 6.07) is 3.25. The van der Waals surface area contributed by atoms with Crippen LogP contribution in [0.25, 0.3) is 0 Å². The quantitative estimate of drug-likeness (QED) is 0.661. The number of halogens is 1. The van der Waals surface area contributed by atoms with Gasteiger partial charge in [-0.05, 0) is 30.9 Å². The molecule has 1 saturated carbocycles. The Kier molecular flexibility index (Phi) is 4.22. The maximum Gasteiger partial charge on any atom is 0.306 e. The van der Waals surface area contributed by atoms with Gasteiger partial charge in [-0.1, -0.05) is 19.8 Å². The molecule has 6 nitrogen and oxygen atoms in total. The lowest BCUT2D eigenvalue weighted by molar-refractivity contribution is -0.387. The highest BCUT2D eigenvalue weighted by Gasteiger charge is 2.38. The second-order valence-electron chi connectivity index (χ2n) is 5.74. The summed E-state index contributed by atoms with van der Waals surface area (Å²) in [7, 11) is 0. The molecule has 0 saturated heterocycles. The van der Waals surface area contributed by atoms with Crippen molar-refractivity contribution in [2.24, 2.45) is 11.7 Å². The number of hydrogen-bond donors (Lipinski definition) is 2. The molecular formula is C14H18FN3O3. The SMILES string of the molecule is CC1CCCC(N)(C(=O)Nc2ccc(F)c([N+](=O)[O-])c2)C1. The summed E-state index contributed by atoms with van der Waals surface area (Å²) in [6.45, 7) is 2.04. The maximum absolute atomic E-state index is 13.3. The molecule has 0 radical (unpaired) electrons. The highest BCUT2D eigenvalue weighted by Crippen LogP contribution is 2.31. The Morgan fingerprint density at radius 2 is 2.29 bits per heavy atom. The smallest absolute Gasteiger partial charge is 0.306 e. The van der Waals surface area contributed by atoms with Gasteiger partial charge in [-0.3, -0.25) is 14.9 Å². The molecule has 1 aromatic rings. The molecule has 21 heavy (non-hydrogen) atoms. The lowest BCUT2D eigenvalue weighted by Gasteiger charge is -2.35. The second kappa shape index (κ2) is 5.77. The van der Waals surface area contributed by atoms with Gasteiger partial charge in [0.1, 0.15) is 0 Å². The van der Waals surface area contributed by atoms with Crippen LogP contribution >= 0.6 is 0 Å². The van der Waals surface area contributed by atoms with Crippen molar-refractivity contribution in [3.63, 3.8) is 0 Å². The van der Waals surface area contributed by atoms with Crippen LogP contribution in [0.3, 0.4) is 0 Å². The summed E-state index contributed by atoms with van der Waals surface area (Å²) in [5.41, 5.74) is 4.68. The molecule has 1 aliphatic carbocycles. The fourth-order valence-corrected chi connectivity index (χ4v) is 2.78. The van der Waals surface area contributed by atoms with E-state index in [-0.39, 0.29) is 11.6 Å². The molecule has 0 aromatic heterocycles. The van der Waals surface area contributed by atoms with Crippen LogP contribution in [0.15, 0.2) is 18.2 Å². The number of amides is 1. The second-order valence-corrected chi connectivity index (χ2v) is 5.74. The molecule has 1 aliphatic rings. The Labute approximate surface area is 121 Å². The third-order valence-electron chi connectivity index (χ3n) is 3.89. The number of benzene rings is 1. The van der Waals surface area contributed by atoms with Crippen molar-refractivity contribution in [2.75, 3.05) is 5.32 Å². The summed E-state index contributed by atoms with van der Waals surface area (Å²) in [6.07, 6.45) is 3.05. The Morgan fingerprint density at radius 3 is 2.90 bits per heavy atom. The third kappa shape index (κ3) is 3.36. The monoisotopic (exact) mass is 295 g/mol. The van der Waals surface area contributed by atoms with Crippen LogP contribution in [0.2, 0.25) is 0 Å². The lowest BCUT2D eigenvalue weighted by Crippen LogP contribution is -2.53. The van der Waals surface area contributed by atoms with E-state index < -0.39 is 22.0 Å². The predicted octanol–water partition coefficient (Wildman–Crippen LogP) is 2.58. The van der Waals surface area contributed by atoms with Gasteiger partial charge < -0.3 is 11.1 Å². The fraction of sp³-hybridized carbons (Fsp3) is 0.500. The molecule has 0 bridgehead atoms. The number of nitrogens with one attached hydrogen (secondary N) is 1. The molecule has 1 amide bonds. The number of anilines is 1. The molecule has 3 N–H and O–H groups in total. The summed E-state index contributed by atoms with van der Waals surface area (Å²) in [4.78, 5) is 22.2. The molecule has 2 unspecified atom stereocenters. The molecule has 2 atom stereocenters. The fourth-order valence-electron chi connectivity index (χ4n) is 2.78. The minimum Gasteiger partial charge on any atom is -0.324 e. The van der Waals surface area contributed by atoms with E-state index in [2.05, 4.69) is 5.32 Å². The number of carbonyl (C=O) groups excluding carboxylic acids is 1. The first-order valence-corrected chi connectivity index (χ1v) is 6.86. The Morgan fingerprint density at radius 1 is 1.57 bits per heavy atom. The minimum atomic E-state index is -0.971. The zero-order chi connectivity index (χ0) is 15.6. The Hall–Kier alpha value is -2.02. The first-order chi connectivity index (χ1) is 9.82. The first kappa shape index (κ1) is 15.4. The number of carbonyl (C=O) groups is 1. The van der Waals surface area contributed by atoms with Gasteiger partial charge in [0.25, 0.3) is 0 Å². The molecule has 7 heteroatoms. The van der Waals surface area contributed by atoms with Gasteiger partial charge in [-0.25, -0.2) is 0 Å². The van der Waals surface area contributed by atoms with E-state index in [4.69, 9.17) is 5.73 Å². The van der Waals surface area contributed by atoms with E-state index in [1.165, 1.54) is 6.07 Å². The van der Waals surface area contributed by atoms with Gasteiger partial charge in [0.15, 0.2) is 0 Å². The zero-order valence-electron chi connectivity index (χ0n) is 11.8. The molecular weight excluding hydrogens is 277 g/mol. The zero-order valence-corrected chi connectivity index (χ0v) is 11.8. The Balaban J connectivity index is 2.16. The predicted molar refractivity (Wildman–Crippen MR) is 76.2 cm³/mol. The molecule has 0 heterocycles. The number of nitro groups is 1. The van der Waals surface area contributed by atoms with Gasteiger partial charge in [0, 0.05) is 11.8 Å². The number of hydrogen-bond acceptors (Lipinski definition) is 4. The van der Waals surface area contributed by atoms with Crippen molar-refractivity contribution >= 4 is 17.3 Å². The standard InChI is InChI=1S/C14H18FN3O3/c1-9-3-2-6-14(16,8-9)13(19)17-10-4-5-11(15)12(7-10)18(20)21/h4-5,7,9H,2-3,6,8,16H2,1H3,(H,17,19). The van der Waals surface area contributed by atoms with E-state index in [9.17, 15) is 19.3 Å². The molecule has 0 spiro atoms. The summed E-state index contributed by atoms with van der Waals surface area (Å²) in [5, 5.41) is 13.3. The van der Waals surface area contributed by atoms with Crippen molar-refractivity contribution in [3.8, 4) is 0 Å². The summed E-state index contributed by atoms with van der Waals surface area (Å²) < 4.78 is 13.3. The van der Waals surface area contributed by atoms with Gasteiger partial charge in [-0.2, -0.15) is 4.39 Å². The van der Waals surface area contributed by atoms with Crippen LogP contribution in [0, 0.1) is 21.8 Å². The van der Waals surface area contributed by atoms with Crippen LogP contribution in [0.1, 0.15) is 32.6 Å². The number of nitrogens with two attached hydrogens (primary N) is 1. The van der Waals surface area contributed by atoms with E-state index in [1.54, 1.807) is 0 Å². The molecule has 0 aliphatic heterocycles. The van der Waals surface area contributed by atoms with Gasteiger partial charge >= 0.3 is 5.69 Å².